The van der Waals surface area contributed by atoms with E-state index in [2.05, 4.69) is 91.0 Å². The van der Waals surface area contributed by atoms with Crippen molar-refractivity contribution in [2.45, 2.75) is 0 Å². The fraction of sp³-hybridized carbons (Fsp3) is 0. The Morgan fingerprint density at radius 3 is 1.55 bits per heavy atom. The van der Waals surface area contributed by atoms with Gasteiger partial charge in [-0.05, 0) is 56.8 Å². The molecule has 0 aliphatic carbocycles. The summed E-state index contributed by atoms with van der Waals surface area (Å²) in [5.74, 6) is 2.49. The van der Waals surface area contributed by atoms with Crippen LogP contribution in [0.2, 0.25) is 0 Å². The van der Waals surface area contributed by atoms with E-state index in [1.807, 2.05) is 103 Å². The smallest absolute Gasteiger partial charge is 0.227 e. The standard InChI is InChI=1S/C50H32N4O/c1-4-16-36(17-5-1)47-52-48(37-18-6-2-7-19-37)54-49(53-47)43-24-13-12-23-41(43)42-32-31-33-15-10-11-22-39(33)45(42)35-29-27-34(28-30-35)40-25-14-26-44-46(40)55-50(51-44)38-20-8-3-9-21-38/h1-32H. The van der Waals surface area contributed by atoms with E-state index in [-0.39, 0.29) is 0 Å². The van der Waals surface area contributed by atoms with Crippen LogP contribution in [0.25, 0.3) is 101 Å². The molecule has 10 rings (SSSR count). The van der Waals surface area contributed by atoms with Crippen molar-refractivity contribution < 1.29 is 4.42 Å². The Kier molecular flexibility index (Phi) is 8.08. The largest absolute Gasteiger partial charge is 0.435 e. The minimum atomic E-state index is 0.615. The molecule has 258 valence electrons. The lowest BCUT2D eigenvalue weighted by molar-refractivity contribution is 0.621. The molecule has 2 aromatic heterocycles. The number of oxazole rings is 1. The van der Waals surface area contributed by atoms with Crippen LogP contribution < -0.4 is 0 Å². The molecular formula is C50H32N4O. The summed E-state index contributed by atoms with van der Waals surface area (Å²) in [6.07, 6.45) is 0. The molecule has 0 saturated carbocycles. The molecule has 0 amide bonds. The van der Waals surface area contributed by atoms with Gasteiger partial charge in [0.15, 0.2) is 23.1 Å². The maximum atomic E-state index is 6.39. The third kappa shape index (κ3) is 6.04. The molecular weight excluding hydrogens is 673 g/mol. The number of aromatic nitrogens is 4. The first-order chi connectivity index (χ1) is 27.3. The van der Waals surface area contributed by atoms with Gasteiger partial charge in [0.05, 0.1) is 0 Å². The van der Waals surface area contributed by atoms with Crippen molar-refractivity contribution in [2.75, 3.05) is 0 Å². The topological polar surface area (TPSA) is 64.7 Å². The monoisotopic (exact) mass is 704 g/mol. The Morgan fingerprint density at radius 1 is 0.309 bits per heavy atom. The Balaban J connectivity index is 1.12. The highest BCUT2D eigenvalue weighted by Crippen LogP contribution is 2.43. The first-order valence-electron chi connectivity index (χ1n) is 18.3. The van der Waals surface area contributed by atoms with Crippen molar-refractivity contribution in [3.05, 3.63) is 194 Å². The van der Waals surface area contributed by atoms with Crippen LogP contribution in [-0.4, -0.2) is 19.9 Å². The zero-order valence-electron chi connectivity index (χ0n) is 29.7. The van der Waals surface area contributed by atoms with E-state index < -0.39 is 0 Å². The molecule has 0 atom stereocenters. The average Bonchev–Trinajstić information content (AvgIpc) is 3.72. The van der Waals surface area contributed by atoms with Gasteiger partial charge in [-0.3, -0.25) is 0 Å². The number of rotatable bonds is 7. The van der Waals surface area contributed by atoms with E-state index in [0.29, 0.717) is 23.4 Å². The normalized spacial score (nSPS) is 11.3. The molecule has 10 aromatic rings. The van der Waals surface area contributed by atoms with E-state index in [4.69, 9.17) is 24.4 Å². The first kappa shape index (κ1) is 32.2. The maximum absolute atomic E-state index is 6.39. The highest BCUT2D eigenvalue weighted by Gasteiger charge is 2.20. The number of hydrogen-bond donors (Lipinski definition) is 0. The lowest BCUT2D eigenvalue weighted by Crippen LogP contribution is -2.01. The summed E-state index contributed by atoms with van der Waals surface area (Å²) < 4.78 is 6.39. The molecule has 0 spiro atoms. The third-order valence-corrected chi connectivity index (χ3v) is 10.0. The van der Waals surface area contributed by atoms with Gasteiger partial charge in [0, 0.05) is 27.8 Å². The summed E-state index contributed by atoms with van der Waals surface area (Å²) in [5.41, 5.74) is 11.8. The van der Waals surface area contributed by atoms with Crippen LogP contribution in [0.4, 0.5) is 0 Å². The molecule has 0 fully saturated rings. The minimum absolute atomic E-state index is 0.615. The molecule has 55 heavy (non-hydrogen) atoms. The van der Waals surface area contributed by atoms with Gasteiger partial charge in [-0.15, -0.1) is 0 Å². The van der Waals surface area contributed by atoms with Gasteiger partial charge in [0.1, 0.15) is 5.52 Å². The Bertz CT molecular complexity index is 2900. The fourth-order valence-corrected chi connectivity index (χ4v) is 7.35. The second-order valence-corrected chi connectivity index (χ2v) is 13.4. The van der Waals surface area contributed by atoms with Gasteiger partial charge in [0.25, 0.3) is 0 Å². The van der Waals surface area contributed by atoms with E-state index >= 15 is 0 Å². The number of benzene rings is 8. The summed E-state index contributed by atoms with van der Waals surface area (Å²) >= 11 is 0. The van der Waals surface area contributed by atoms with Crippen molar-refractivity contribution in [1.29, 1.82) is 0 Å². The Hall–Kier alpha value is -7.50. The Labute approximate surface area is 318 Å². The van der Waals surface area contributed by atoms with Crippen LogP contribution in [0.15, 0.2) is 199 Å². The van der Waals surface area contributed by atoms with Gasteiger partial charge >= 0.3 is 0 Å². The predicted octanol–water partition coefficient (Wildman–Crippen LogP) is 12.8. The van der Waals surface area contributed by atoms with Crippen LogP contribution in [0.1, 0.15) is 0 Å². The molecule has 0 aliphatic rings. The van der Waals surface area contributed by atoms with Crippen LogP contribution in [0.3, 0.4) is 0 Å². The molecule has 0 unspecified atom stereocenters. The highest BCUT2D eigenvalue weighted by atomic mass is 16.3. The van der Waals surface area contributed by atoms with E-state index in [1.165, 1.54) is 5.39 Å². The first-order valence-corrected chi connectivity index (χ1v) is 18.3. The third-order valence-electron chi connectivity index (χ3n) is 10.0. The van der Waals surface area contributed by atoms with Crippen LogP contribution in [0.5, 0.6) is 0 Å². The van der Waals surface area contributed by atoms with Gasteiger partial charge in [0.2, 0.25) is 5.89 Å². The summed E-state index contributed by atoms with van der Waals surface area (Å²) in [5, 5.41) is 2.33. The molecule has 8 aromatic carbocycles. The van der Waals surface area contributed by atoms with Crippen LogP contribution in [-0.2, 0) is 0 Å². The maximum Gasteiger partial charge on any atom is 0.227 e. The summed E-state index contributed by atoms with van der Waals surface area (Å²) in [4.78, 5) is 20.0. The summed E-state index contributed by atoms with van der Waals surface area (Å²) in [6, 6.07) is 66.5. The number of para-hydroxylation sites is 1. The predicted molar refractivity (Wildman–Crippen MR) is 223 cm³/mol. The molecule has 0 bridgehead atoms. The zero-order valence-corrected chi connectivity index (χ0v) is 29.7. The lowest BCUT2D eigenvalue weighted by Gasteiger charge is -2.17. The molecule has 0 N–H and O–H groups in total. The lowest BCUT2D eigenvalue weighted by atomic mass is 9.87. The van der Waals surface area contributed by atoms with E-state index in [0.717, 1.165) is 72.1 Å². The van der Waals surface area contributed by atoms with Gasteiger partial charge < -0.3 is 4.42 Å². The average molecular weight is 705 g/mol. The minimum Gasteiger partial charge on any atom is -0.435 e. The van der Waals surface area contributed by atoms with Gasteiger partial charge in [-0.1, -0.05) is 176 Å². The summed E-state index contributed by atoms with van der Waals surface area (Å²) in [7, 11) is 0. The summed E-state index contributed by atoms with van der Waals surface area (Å²) in [6.45, 7) is 0. The molecule has 5 heteroatoms. The van der Waals surface area contributed by atoms with Crippen molar-refractivity contribution in [1.82, 2.24) is 19.9 Å². The van der Waals surface area contributed by atoms with Gasteiger partial charge in [-0.2, -0.15) is 0 Å². The SMILES string of the molecule is c1ccc(-c2nc(-c3ccccc3)nc(-c3ccccc3-c3ccc4ccccc4c3-c3ccc(-c4cccc5nc(-c6ccccc6)oc45)cc3)n2)cc1. The molecule has 5 nitrogen and oxygen atoms in total. The molecule has 0 saturated heterocycles. The van der Waals surface area contributed by atoms with Crippen LogP contribution >= 0.6 is 0 Å². The number of hydrogen-bond acceptors (Lipinski definition) is 5. The van der Waals surface area contributed by atoms with Crippen molar-refractivity contribution in [3.63, 3.8) is 0 Å². The quantitative estimate of drug-likeness (QED) is 0.165. The number of nitrogens with zero attached hydrogens (tertiary/aromatic N) is 4. The van der Waals surface area contributed by atoms with E-state index in [1.54, 1.807) is 0 Å². The number of fused-ring (bicyclic) bond motifs is 2. The zero-order chi connectivity index (χ0) is 36.6. The van der Waals surface area contributed by atoms with Gasteiger partial charge in [-0.25, -0.2) is 19.9 Å². The molecule has 0 aliphatic heterocycles. The van der Waals surface area contributed by atoms with Crippen molar-refractivity contribution in [3.8, 4) is 79.0 Å². The molecule has 2 heterocycles. The second kappa shape index (κ2) is 13.8. The Morgan fingerprint density at radius 2 is 0.855 bits per heavy atom. The van der Waals surface area contributed by atoms with E-state index in [9.17, 15) is 0 Å². The highest BCUT2D eigenvalue weighted by molar-refractivity contribution is 6.06. The molecule has 0 radical (unpaired) electrons. The second-order valence-electron chi connectivity index (χ2n) is 13.4. The van der Waals surface area contributed by atoms with Crippen molar-refractivity contribution >= 4 is 21.9 Å². The van der Waals surface area contributed by atoms with Crippen LogP contribution in [0, 0.1) is 0 Å². The fourth-order valence-electron chi connectivity index (χ4n) is 7.35. The van der Waals surface area contributed by atoms with Crippen molar-refractivity contribution in [2.24, 2.45) is 0 Å².